The Morgan fingerprint density at radius 3 is 2.07 bits per heavy atom. The maximum Gasteiger partial charge on any atom is 0.120 e. The summed E-state index contributed by atoms with van der Waals surface area (Å²) in [4.78, 5) is 0. The fraction of sp³-hybridized carbons (Fsp3) is 0.538. The first-order valence-corrected chi connectivity index (χ1v) is 10.9. The summed E-state index contributed by atoms with van der Waals surface area (Å²) in [6.45, 7) is 18.3. The van der Waals surface area contributed by atoms with Crippen LogP contribution in [0.4, 0.5) is 0 Å². The van der Waals surface area contributed by atoms with E-state index in [4.69, 9.17) is 4.74 Å². The molecule has 1 heterocycles. The first-order chi connectivity index (χ1) is 13.6. The molecular formula is C26H38N2O. The molecule has 2 aromatic rings. The molecular weight excluding hydrogens is 356 g/mol. The first kappa shape index (κ1) is 21.9. The molecule has 29 heavy (non-hydrogen) atoms. The van der Waals surface area contributed by atoms with Crippen LogP contribution in [0.2, 0.25) is 0 Å². The molecule has 0 aliphatic carbocycles. The van der Waals surface area contributed by atoms with Crippen LogP contribution in [0, 0.1) is 5.92 Å². The number of ether oxygens (including phenoxy) is 1. The normalized spacial score (nSPS) is 15.2. The van der Waals surface area contributed by atoms with E-state index in [1.165, 1.54) is 22.3 Å². The average Bonchev–Trinajstić information content (AvgIpc) is 2.61. The lowest BCUT2D eigenvalue weighted by atomic mass is 9.86. The van der Waals surface area contributed by atoms with Gasteiger partial charge in [0.05, 0.1) is 0 Å². The molecule has 3 nitrogen and oxygen atoms in total. The Kier molecular flexibility index (Phi) is 6.70. The summed E-state index contributed by atoms with van der Waals surface area (Å²) < 4.78 is 6.22. The highest BCUT2D eigenvalue weighted by atomic mass is 16.5. The Bertz CT molecular complexity index is 793. The van der Waals surface area contributed by atoms with Gasteiger partial charge in [0.15, 0.2) is 0 Å². The summed E-state index contributed by atoms with van der Waals surface area (Å²) in [5.41, 5.74) is 5.45. The Morgan fingerprint density at radius 1 is 0.862 bits per heavy atom. The summed E-state index contributed by atoms with van der Waals surface area (Å²) in [7, 11) is 0. The Labute approximate surface area is 177 Å². The van der Waals surface area contributed by atoms with Gasteiger partial charge in [0.2, 0.25) is 0 Å². The molecule has 0 spiro atoms. The highest BCUT2D eigenvalue weighted by molar-refractivity contribution is 5.38. The monoisotopic (exact) mass is 394 g/mol. The van der Waals surface area contributed by atoms with Gasteiger partial charge in [-0.05, 0) is 51.1 Å². The van der Waals surface area contributed by atoms with Crippen LogP contribution in [0.25, 0.3) is 0 Å². The smallest absolute Gasteiger partial charge is 0.120 e. The van der Waals surface area contributed by atoms with Gasteiger partial charge in [-0.2, -0.15) is 0 Å². The van der Waals surface area contributed by atoms with Crippen molar-refractivity contribution in [3.05, 3.63) is 64.7 Å². The van der Waals surface area contributed by atoms with Crippen molar-refractivity contribution in [2.45, 2.75) is 65.5 Å². The molecule has 1 aliphatic rings. The predicted octanol–water partition coefficient (Wildman–Crippen LogP) is 5.17. The van der Waals surface area contributed by atoms with Crippen LogP contribution in [0.15, 0.2) is 42.5 Å². The SMILES string of the molecule is CC(C)(C)c1ccc(COc2cc(CNCC3CNC3)cc(C(C)(C)C)c2)cc1. The second-order valence-corrected chi connectivity index (χ2v) is 10.5. The maximum atomic E-state index is 6.22. The van der Waals surface area contributed by atoms with Gasteiger partial charge in [-0.1, -0.05) is 71.9 Å². The van der Waals surface area contributed by atoms with Crippen molar-refractivity contribution < 1.29 is 4.74 Å². The van der Waals surface area contributed by atoms with E-state index in [1.807, 2.05) is 0 Å². The molecule has 0 amide bonds. The molecule has 1 fully saturated rings. The molecule has 0 aromatic heterocycles. The lowest BCUT2D eigenvalue weighted by Gasteiger charge is -2.27. The summed E-state index contributed by atoms with van der Waals surface area (Å²) in [5.74, 6) is 1.73. The van der Waals surface area contributed by atoms with Gasteiger partial charge in [0.25, 0.3) is 0 Å². The minimum Gasteiger partial charge on any atom is -0.489 e. The van der Waals surface area contributed by atoms with Crippen molar-refractivity contribution in [2.75, 3.05) is 19.6 Å². The first-order valence-electron chi connectivity index (χ1n) is 10.9. The average molecular weight is 395 g/mol. The minimum atomic E-state index is 0.0976. The zero-order valence-corrected chi connectivity index (χ0v) is 19.1. The van der Waals surface area contributed by atoms with E-state index >= 15 is 0 Å². The van der Waals surface area contributed by atoms with Crippen molar-refractivity contribution in [2.24, 2.45) is 5.92 Å². The molecule has 3 rings (SSSR count). The topological polar surface area (TPSA) is 33.3 Å². The van der Waals surface area contributed by atoms with Gasteiger partial charge in [0.1, 0.15) is 12.4 Å². The van der Waals surface area contributed by atoms with Crippen LogP contribution in [-0.2, 0) is 24.0 Å². The molecule has 3 heteroatoms. The third kappa shape index (κ3) is 6.32. The summed E-state index contributed by atoms with van der Waals surface area (Å²) in [5, 5.41) is 6.94. The lowest BCUT2D eigenvalue weighted by molar-refractivity contribution is 0.304. The number of hydrogen-bond acceptors (Lipinski definition) is 3. The number of benzene rings is 2. The largest absolute Gasteiger partial charge is 0.489 e. The molecule has 1 aliphatic heterocycles. The molecule has 1 saturated heterocycles. The fourth-order valence-electron chi connectivity index (χ4n) is 3.46. The zero-order valence-electron chi connectivity index (χ0n) is 19.1. The van der Waals surface area contributed by atoms with Crippen LogP contribution in [0.3, 0.4) is 0 Å². The molecule has 0 saturated carbocycles. The molecule has 158 valence electrons. The lowest BCUT2D eigenvalue weighted by Crippen LogP contribution is -2.47. The van der Waals surface area contributed by atoms with Crippen molar-refractivity contribution in [3.8, 4) is 5.75 Å². The van der Waals surface area contributed by atoms with Crippen molar-refractivity contribution in [3.63, 3.8) is 0 Å². The maximum absolute atomic E-state index is 6.22. The van der Waals surface area contributed by atoms with Crippen LogP contribution < -0.4 is 15.4 Å². The summed E-state index contributed by atoms with van der Waals surface area (Å²) >= 11 is 0. The van der Waals surface area contributed by atoms with Gasteiger partial charge in [-0.3, -0.25) is 0 Å². The second-order valence-electron chi connectivity index (χ2n) is 10.5. The number of nitrogens with one attached hydrogen (secondary N) is 2. The standard InChI is InChI=1S/C26H38N2O/c1-25(2,3)22-9-7-19(8-10-22)18-29-24-12-20(11-23(13-24)26(4,5)6)14-27-15-21-16-28-17-21/h7-13,21,27-28H,14-18H2,1-6H3. The quantitative estimate of drug-likeness (QED) is 0.680. The molecule has 0 unspecified atom stereocenters. The van der Waals surface area contributed by atoms with Crippen LogP contribution >= 0.6 is 0 Å². The van der Waals surface area contributed by atoms with Gasteiger partial charge >= 0.3 is 0 Å². The minimum absolute atomic E-state index is 0.0976. The third-order valence-electron chi connectivity index (χ3n) is 5.69. The number of hydrogen-bond donors (Lipinski definition) is 2. The fourth-order valence-corrected chi connectivity index (χ4v) is 3.46. The van der Waals surface area contributed by atoms with Crippen molar-refractivity contribution in [1.29, 1.82) is 0 Å². The van der Waals surface area contributed by atoms with E-state index in [9.17, 15) is 0 Å². The van der Waals surface area contributed by atoms with Crippen LogP contribution in [-0.4, -0.2) is 19.6 Å². The highest BCUT2D eigenvalue weighted by Crippen LogP contribution is 2.28. The Balaban J connectivity index is 1.67. The molecule has 0 bridgehead atoms. The van der Waals surface area contributed by atoms with Gasteiger partial charge in [-0.25, -0.2) is 0 Å². The Morgan fingerprint density at radius 2 is 1.52 bits per heavy atom. The second kappa shape index (κ2) is 8.89. The van der Waals surface area contributed by atoms with E-state index in [1.54, 1.807) is 0 Å². The van der Waals surface area contributed by atoms with Crippen LogP contribution in [0.5, 0.6) is 5.75 Å². The van der Waals surface area contributed by atoms with Crippen molar-refractivity contribution >= 4 is 0 Å². The van der Waals surface area contributed by atoms with E-state index < -0.39 is 0 Å². The van der Waals surface area contributed by atoms with E-state index in [2.05, 4.69) is 94.6 Å². The number of rotatable bonds is 7. The third-order valence-corrected chi connectivity index (χ3v) is 5.69. The van der Waals surface area contributed by atoms with E-state index in [0.717, 1.165) is 37.8 Å². The van der Waals surface area contributed by atoms with E-state index in [-0.39, 0.29) is 10.8 Å². The van der Waals surface area contributed by atoms with Gasteiger partial charge in [0, 0.05) is 26.2 Å². The molecule has 0 atom stereocenters. The molecule has 2 aromatic carbocycles. The molecule has 0 radical (unpaired) electrons. The Hall–Kier alpha value is -1.84. The van der Waals surface area contributed by atoms with Gasteiger partial charge in [-0.15, -0.1) is 0 Å². The predicted molar refractivity (Wildman–Crippen MR) is 123 cm³/mol. The summed E-state index contributed by atoms with van der Waals surface area (Å²) in [6, 6.07) is 15.5. The van der Waals surface area contributed by atoms with Crippen LogP contribution in [0.1, 0.15) is 63.8 Å². The summed E-state index contributed by atoms with van der Waals surface area (Å²) in [6.07, 6.45) is 0. The van der Waals surface area contributed by atoms with E-state index in [0.29, 0.717) is 6.61 Å². The van der Waals surface area contributed by atoms with Crippen molar-refractivity contribution in [1.82, 2.24) is 10.6 Å². The van der Waals surface area contributed by atoms with Gasteiger partial charge < -0.3 is 15.4 Å². The highest BCUT2D eigenvalue weighted by Gasteiger charge is 2.18. The zero-order chi connectivity index (χ0) is 21.1. The molecule has 2 N–H and O–H groups in total.